The minimum absolute atomic E-state index is 0.0565. The molecule has 0 aromatic rings. The lowest BCUT2D eigenvalue weighted by molar-refractivity contribution is -0.242. The molecule has 1 aliphatic heterocycles. The second kappa shape index (κ2) is 4.88. The summed E-state index contributed by atoms with van der Waals surface area (Å²) in [5.74, 6) is 0. The smallest absolute Gasteiger partial charge is 0.184 e. The summed E-state index contributed by atoms with van der Waals surface area (Å²) in [6.07, 6.45) is -0.506. The van der Waals surface area contributed by atoms with Crippen LogP contribution in [-0.4, -0.2) is 43.9 Å². The van der Waals surface area contributed by atoms with E-state index in [0.29, 0.717) is 6.42 Å². The van der Waals surface area contributed by atoms with Crippen LogP contribution in [0.15, 0.2) is 0 Å². The number of hydroxylamine groups is 1. The van der Waals surface area contributed by atoms with Gasteiger partial charge in [0, 0.05) is 7.11 Å². The molecule has 0 spiro atoms. The number of aliphatic hydroxyl groups excluding tert-OH is 1. The van der Waals surface area contributed by atoms with Gasteiger partial charge in [0.05, 0.1) is 19.3 Å². The van der Waals surface area contributed by atoms with Crippen molar-refractivity contribution < 1.29 is 19.4 Å². The van der Waals surface area contributed by atoms with Crippen LogP contribution in [0.4, 0.5) is 0 Å². The Morgan fingerprint density at radius 3 is 2.69 bits per heavy atom. The molecule has 4 atom stereocenters. The van der Waals surface area contributed by atoms with Crippen LogP contribution < -0.4 is 5.48 Å². The van der Waals surface area contributed by atoms with E-state index in [4.69, 9.17) is 14.3 Å². The van der Waals surface area contributed by atoms with Crippen LogP contribution in [0.2, 0.25) is 0 Å². The molecule has 0 bridgehead atoms. The second-order valence-electron chi connectivity index (χ2n) is 3.21. The molecule has 2 N–H and O–H groups in total. The van der Waals surface area contributed by atoms with Gasteiger partial charge >= 0.3 is 0 Å². The van der Waals surface area contributed by atoms with Crippen LogP contribution in [0.5, 0.6) is 0 Å². The largest absolute Gasteiger partial charge is 0.386 e. The Hall–Kier alpha value is -0.200. The fourth-order valence-electron chi connectivity index (χ4n) is 1.52. The summed E-state index contributed by atoms with van der Waals surface area (Å²) in [5, 5.41) is 9.69. The Morgan fingerprint density at radius 2 is 2.15 bits per heavy atom. The molecule has 0 radical (unpaired) electrons. The quantitative estimate of drug-likeness (QED) is 0.597. The molecule has 0 aliphatic carbocycles. The van der Waals surface area contributed by atoms with Gasteiger partial charge in [-0.1, -0.05) is 0 Å². The minimum Gasteiger partial charge on any atom is -0.386 e. The molecule has 5 nitrogen and oxygen atoms in total. The maximum atomic E-state index is 9.69. The summed E-state index contributed by atoms with van der Waals surface area (Å²) >= 11 is 0. The lowest BCUT2D eigenvalue weighted by Gasteiger charge is -2.37. The maximum absolute atomic E-state index is 9.69. The molecular formula is C8H17NO4. The molecule has 1 saturated heterocycles. The average molecular weight is 191 g/mol. The monoisotopic (exact) mass is 191 g/mol. The Morgan fingerprint density at radius 1 is 1.46 bits per heavy atom. The first kappa shape index (κ1) is 10.9. The zero-order valence-corrected chi connectivity index (χ0v) is 8.19. The molecule has 0 saturated carbocycles. The lowest BCUT2D eigenvalue weighted by atomic mass is 10.0. The molecule has 1 rings (SSSR count). The molecule has 4 unspecified atom stereocenters. The van der Waals surface area contributed by atoms with Crippen molar-refractivity contribution in [1.29, 1.82) is 0 Å². The van der Waals surface area contributed by atoms with Crippen molar-refractivity contribution >= 4 is 0 Å². The fraction of sp³-hybridized carbons (Fsp3) is 1.00. The molecular weight excluding hydrogens is 174 g/mol. The third-order valence-electron chi connectivity index (χ3n) is 2.14. The third-order valence-corrected chi connectivity index (χ3v) is 2.14. The van der Waals surface area contributed by atoms with Crippen molar-refractivity contribution in [3.8, 4) is 0 Å². The van der Waals surface area contributed by atoms with Gasteiger partial charge in [0.25, 0.3) is 0 Å². The Labute approximate surface area is 77.9 Å². The fourth-order valence-corrected chi connectivity index (χ4v) is 1.52. The summed E-state index contributed by atoms with van der Waals surface area (Å²) < 4.78 is 10.3. The van der Waals surface area contributed by atoms with E-state index in [2.05, 4.69) is 5.48 Å². The van der Waals surface area contributed by atoms with Crippen molar-refractivity contribution in [3.63, 3.8) is 0 Å². The molecule has 1 heterocycles. The normalized spacial score (nSPS) is 40.6. The van der Waals surface area contributed by atoms with E-state index in [1.165, 1.54) is 14.2 Å². The number of nitrogens with one attached hydrogen (secondary N) is 1. The first-order valence-corrected chi connectivity index (χ1v) is 4.34. The van der Waals surface area contributed by atoms with Gasteiger partial charge in [0.1, 0.15) is 6.10 Å². The van der Waals surface area contributed by atoms with Crippen LogP contribution in [0.3, 0.4) is 0 Å². The van der Waals surface area contributed by atoms with E-state index in [1.807, 2.05) is 6.92 Å². The van der Waals surface area contributed by atoms with Crippen LogP contribution in [0, 0.1) is 0 Å². The predicted molar refractivity (Wildman–Crippen MR) is 45.9 cm³/mol. The minimum atomic E-state index is -0.693. The summed E-state index contributed by atoms with van der Waals surface area (Å²) in [5.41, 5.74) is 2.72. The summed E-state index contributed by atoms with van der Waals surface area (Å²) in [4.78, 5) is 4.77. The Kier molecular flexibility index (Phi) is 4.08. The number of hydrogen-bond acceptors (Lipinski definition) is 5. The number of rotatable bonds is 3. The van der Waals surface area contributed by atoms with Gasteiger partial charge in [0.15, 0.2) is 6.29 Å². The molecule has 13 heavy (non-hydrogen) atoms. The average Bonchev–Trinajstić information content (AvgIpc) is 2.11. The number of aliphatic hydroxyl groups is 1. The van der Waals surface area contributed by atoms with Gasteiger partial charge in [-0.3, -0.25) is 0 Å². The van der Waals surface area contributed by atoms with E-state index >= 15 is 0 Å². The van der Waals surface area contributed by atoms with Crippen molar-refractivity contribution in [2.24, 2.45) is 0 Å². The van der Waals surface area contributed by atoms with Crippen LogP contribution in [0.25, 0.3) is 0 Å². The maximum Gasteiger partial charge on any atom is 0.184 e. The molecule has 0 aromatic carbocycles. The first-order valence-electron chi connectivity index (χ1n) is 4.34. The molecule has 1 aliphatic rings. The molecule has 0 aromatic heterocycles. The van der Waals surface area contributed by atoms with Crippen molar-refractivity contribution in [2.75, 3.05) is 14.2 Å². The molecule has 5 heteroatoms. The van der Waals surface area contributed by atoms with Gasteiger partial charge in [-0.2, -0.15) is 5.48 Å². The van der Waals surface area contributed by atoms with Gasteiger partial charge in [-0.05, 0) is 13.3 Å². The second-order valence-corrected chi connectivity index (χ2v) is 3.21. The van der Waals surface area contributed by atoms with Gasteiger partial charge in [-0.25, -0.2) is 0 Å². The third kappa shape index (κ3) is 2.62. The van der Waals surface area contributed by atoms with Crippen molar-refractivity contribution in [3.05, 3.63) is 0 Å². The highest BCUT2D eigenvalue weighted by atomic mass is 16.7. The highest BCUT2D eigenvalue weighted by molar-refractivity contribution is 4.83. The van der Waals surface area contributed by atoms with Gasteiger partial charge in [-0.15, -0.1) is 0 Å². The topological polar surface area (TPSA) is 60.0 Å². The zero-order valence-electron chi connectivity index (χ0n) is 8.19. The van der Waals surface area contributed by atoms with E-state index in [9.17, 15) is 5.11 Å². The highest BCUT2D eigenvalue weighted by Gasteiger charge is 2.36. The standard InChI is InChI=1S/C8H17NO4/c1-5-4-6(9-12-3)7(10)8(11-2)13-5/h5-10H,4H2,1-3H3. The van der Waals surface area contributed by atoms with E-state index in [-0.39, 0.29) is 12.1 Å². The van der Waals surface area contributed by atoms with E-state index in [0.717, 1.165) is 0 Å². The Balaban J connectivity index is 2.52. The Bertz CT molecular complexity index is 155. The molecule has 78 valence electrons. The highest BCUT2D eigenvalue weighted by Crippen LogP contribution is 2.20. The molecule has 1 fully saturated rings. The predicted octanol–water partition coefficient (Wildman–Crippen LogP) is -0.352. The van der Waals surface area contributed by atoms with Crippen LogP contribution in [0.1, 0.15) is 13.3 Å². The SMILES string of the molecule is CONC1CC(C)OC(OC)C1O. The zero-order chi connectivity index (χ0) is 9.84. The van der Waals surface area contributed by atoms with Crippen LogP contribution >= 0.6 is 0 Å². The van der Waals surface area contributed by atoms with E-state index < -0.39 is 12.4 Å². The summed E-state index contributed by atoms with van der Waals surface area (Å²) in [6.45, 7) is 1.93. The number of methoxy groups -OCH3 is 1. The lowest BCUT2D eigenvalue weighted by Crippen LogP contribution is -2.54. The van der Waals surface area contributed by atoms with Gasteiger partial charge in [0.2, 0.25) is 0 Å². The van der Waals surface area contributed by atoms with Crippen LogP contribution in [-0.2, 0) is 14.3 Å². The molecule has 0 amide bonds. The van der Waals surface area contributed by atoms with E-state index in [1.54, 1.807) is 0 Å². The number of hydrogen-bond donors (Lipinski definition) is 2. The summed E-state index contributed by atoms with van der Waals surface area (Å²) in [7, 11) is 3.03. The summed E-state index contributed by atoms with van der Waals surface area (Å²) in [6, 6.07) is -0.140. The number of ether oxygens (including phenoxy) is 2. The van der Waals surface area contributed by atoms with Crippen molar-refractivity contribution in [2.45, 2.75) is 37.9 Å². The van der Waals surface area contributed by atoms with Gasteiger partial charge < -0.3 is 19.4 Å². The van der Waals surface area contributed by atoms with Crippen molar-refractivity contribution in [1.82, 2.24) is 5.48 Å². The first-order chi connectivity index (χ1) is 6.19.